The summed E-state index contributed by atoms with van der Waals surface area (Å²) >= 11 is 0. The summed E-state index contributed by atoms with van der Waals surface area (Å²) in [5.74, 6) is 0.732. The Morgan fingerprint density at radius 2 is 2.40 bits per heavy atom. The SMILES string of the molecule is CC1CCCC/C1=C\C=N.[H+]. The van der Waals surface area contributed by atoms with Crippen LogP contribution >= 0.6 is 0 Å². The Balaban J connectivity index is 0.000001000. The van der Waals surface area contributed by atoms with Gasteiger partial charge in [-0.3, -0.25) is 0 Å². The summed E-state index contributed by atoms with van der Waals surface area (Å²) in [7, 11) is 0. The maximum atomic E-state index is 6.93. The maximum absolute atomic E-state index is 6.93. The van der Waals surface area contributed by atoms with E-state index in [-0.39, 0.29) is 1.43 Å². The Morgan fingerprint density at radius 1 is 1.60 bits per heavy atom. The minimum Gasteiger partial charge on any atom is -0.309 e. The maximum Gasteiger partial charge on any atom is 1.00 e. The number of nitrogens with one attached hydrogen (secondary N) is 1. The Hall–Kier alpha value is -0.590. The quantitative estimate of drug-likeness (QED) is 0.539. The highest BCUT2D eigenvalue weighted by atomic mass is 14.3. The van der Waals surface area contributed by atoms with Crippen molar-refractivity contribution in [2.75, 3.05) is 0 Å². The van der Waals surface area contributed by atoms with Crippen molar-refractivity contribution < 1.29 is 1.43 Å². The molecule has 0 aliphatic heterocycles. The van der Waals surface area contributed by atoms with Gasteiger partial charge in [-0.15, -0.1) is 0 Å². The van der Waals surface area contributed by atoms with Crippen LogP contribution in [0.3, 0.4) is 0 Å². The van der Waals surface area contributed by atoms with Crippen LogP contribution in [0.5, 0.6) is 0 Å². The normalized spacial score (nSPS) is 30.5. The summed E-state index contributed by atoms with van der Waals surface area (Å²) in [5, 5.41) is 6.93. The minimum atomic E-state index is 0. The first kappa shape index (κ1) is 7.52. The molecule has 1 N–H and O–H groups in total. The van der Waals surface area contributed by atoms with Crippen LogP contribution in [0.1, 0.15) is 34.0 Å². The van der Waals surface area contributed by atoms with Crippen LogP contribution in [0, 0.1) is 11.3 Å². The third-order valence-corrected chi connectivity index (χ3v) is 2.28. The third-order valence-electron chi connectivity index (χ3n) is 2.28. The van der Waals surface area contributed by atoms with Gasteiger partial charge in [-0.1, -0.05) is 18.9 Å². The summed E-state index contributed by atoms with van der Waals surface area (Å²) in [6.07, 6.45) is 8.61. The molecule has 1 rings (SSSR count). The first-order valence-electron chi connectivity index (χ1n) is 4.04. The lowest BCUT2D eigenvalue weighted by Crippen LogP contribution is -2.05. The molecule has 0 aromatic carbocycles. The van der Waals surface area contributed by atoms with Crippen LogP contribution in [-0.2, 0) is 0 Å². The van der Waals surface area contributed by atoms with Crippen LogP contribution in [0.4, 0.5) is 0 Å². The van der Waals surface area contributed by atoms with E-state index in [2.05, 4.69) is 6.92 Å². The molecule has 0 spiro atoms. The van der Waals surface area contributed by atoms with Crippen LogP contribution in [0.2, 0.25) is 0 Å². The van der Waals surface area contributed by atoms with Crippen molar-refractivity contribution in [2.24, 2.45) is 5.92 Å². The zero-order valence-electron chi connectivity index (χ0n) is 7.56. The highest BCUT2D eigenvalue weighted by Gasteiger charge is 2.12. The van der Waals surface area contributed by atoms with E-state index in [9.17, 15) is 0 Å². The zero-order valence-corrected chi connectivity index (χ0v) is 6.56. The standard InChI is InChI=1S/C9H15N/c1-8-4-2-3-5-9(8)6-7-10/h6-8,10H,2-5H2,1H3/p+1/b9-6+,10-7?. The highest BCUT2D eigenvalue weighted by Crippen LogP contribution is 2.27. The molecule has 0 saturated heterocycles. The van der Waals surface area contributed by atoms with E-state index in [4.69, 9.17) is 5.41 Å². The Morgan fingerprint density at radius 3 is 3.00 bits per heavy atom. The van der Waals surface area contributed by atoms with E-state index >= 15 is 0 Å². The fourth-order valence-electron chi connectivity index (χ4n) is 1.57. The van der Waals surface area contributed by atoms with Gasteiger partial charge in [0.25, 0.3) is 0 Å². The summed E-state index contributed by atoms with van der Waals surface area (Å²) in [5.41, 5.74) is 1.47. The summed E-state index contributed by atoms with van der Waals surface area (Å²) in [4.78, 5) is 0. The van der Waals surface area contributed by atoms with Gasteiger partial charge in [-0.05, 0) is 31.3 Å². The lowest BCUT2D eigenvalue weighted by Gasteiger charge is -2.20. The van der Waals surface area contributed by atoms with Crippen LogP contribution in [-0.4, -0.2) is 6.21 Å². The summed E-state index contributed by atoms with van der Waals surface area (Å²) < 4.78 is 0. The average molecular weight is 138 g/mol. The second-order valence-corrected chi connectivity index (χ2v) is 3.06. The van der Waals surface area contributed by atoms with Gasteiger partial charge in [-0.25, -0.2) is 0 Å². The minimum absolute atomic E-state index is 0. The first-order valence-corrected chi connectivity index (χ1v) is 4.04. The van der Waals surface area contributed by atoms with Gasteiger partial charge >= 0.3 is 1.43 Å². The second-order valence-electron chi connectivity index (χ2n) is 3.06. The molecule has 0 bridgehead atoms. The molecule has 10 heavy (non-hydrogen) atoms. The number of hydrogen-bond acceptors (Lipinski definition) is 1. The molecule has 1 heteroatoms. The fourth-order valence-corrected chi connectivity index (χ4v) is 1.57. The number of rotatable bonds is 1. The van der Waals surface area contributed by atoms with E-state index in [0.29, 0.717) is 0 Å². The van der Waals surface area contributed by atoms with Gasteiger partial charge in [0.15, 0.2) is 0 Å². The number of hydrogen-bond donors (Lipinski definition) is 1. The lowest BCUT2D eigenvalue weighted by atomic mass is 9.85. The second kappa shape index (κ2) is 3.55. The molecule has 1 fully saturated rings. The van der Waals surface area contributed by atoms with Crippen LogP contribution in [0.15, 0.2) is 11.6 Å². The molecule has 0 heterocycles. The highest BCUT2D eigenvalue weighted by molar-refractivity contribution is 5.69. The molecule has 0 amide bonds. The van der Waals surface area contributed by atoms with E-state index in [1.807, 2.05) is 6.08 Å². The molecular weight excluding hydrogens is 122 g/mol. The predicted molar refractivity (Wildman–Crippen MR) is 45.6 cm³/mol. The van der Waals surface area contributed by atoms with Gasteiger partial charge in [0.1, 0.15) is 0 Å². The molecule has 0 aromatic rings. The van der Waals surface area contributed by atoms with Crippen molar-refractivity contribution in [1.29, 1.82) is 5.41 Å². The van der Waals surface area contributed by atoms with E-state index in [1.54, 1.807) is 0 Å². The summed E-state index contributed by atoms with van der Waals surface area (Å²) in [6.45, 7) is 2.26. The van der Waals surface area contributed by atoms with Crippen molar-refractivity contribution >= 4 is 6.21 Å². The van der Waals surface area contributed by atoms with Crippen molar-refractivity contribution in [3.63, 3.8) is 0 Å². The molecule has 1 aliphatic rings. The van der Waals surface area contributed by atoms with Gasteiger partial charge < -0.3 is 5.41 Å². The van der Waals surface area contributed by atoms with Crippen molar-refractivity contribution in [3.05, 3.63) is 11.6 Å². The monoisotopic (exact) mass is 138 g/mol. The third kappa shape index (κ3) is 1.69. The molecule has 1 saturated carbocycles. The van der Waals surface area contributed by atoms with Crippen molar-refractivity contribution in [1.82, 2.24) is 0 Å². The van der Waals surface area contributed by atoms with E-state index in [1.165, 1.54) is 37.5 Å². The molecular formula is C9H16N+. The fraction of sp³-hybridized carbons (Fsp3) is 0.667. The van der Waals surface area contributed by atoms with Gasteiger partial charge in [-0.2, -0.15) is 0 Å². The summed E-state index contributed by atoms with van der Waals surface area (Å²) in [6, 6.07) is 0. The van der Waals surface area contributed by atoms with Gasteiger partial charge in [0.2, 0.25) is 0 Å². The molecule has 1 nitrogen and oxygen atoms in total. The van der Waals surface area contributed by atoms with Gasteiger partial charge in [0, 0.05) is 6.21 Å². The molecule has 56 valence electrons. The Kier molecular flexibility index (Phi) is 2.67. The molecule has 0 radical (unpaired) electrons. The molecule has 1 aliphatic carbocycles. The molecule has 0 aromatic heterocycles. The van der Waals surface area contributed by atoms with Crippen molar-refractivity contribution in [3.8, 4) is 0 Å². The van der Waals surface area contributed by atoms with Gasteiger partial charge in [0.05, 0.1) is 0 Å². The number of allylic oxidation sites excluding steroid dienone is 2. The average Bonchev–Trinajstić information content (AvgIpc) is 1.94. The Bertz CT molecular complexity index is 152. The first-order chi connectivity index (χ1) is 4.84. The van der Waals surface area contributed by atoms with Crippen LogP contribution < -0.4 is 0 Å². The van der Waals surface area contributed by atoms with E-state index < -0.39 is 0 Å². The topological polar surface area (TPSA) is 23.9 Å². The van der Waals surface area contributed by atoms with Crippen LogP contribution in [0.25, 0.3) is 0 Å². The zero-order chi connectivity index (χ0) is 7.40. The largest absolute Gasteiger partial charge is 1.00 e. The Labute approximate surface area is 64.1 Å². The van der Waals surface area contributed by atoms with Crippen molar-refractivity contribution in [2.45, 2.75) is 32.6 Å². The lowest BCUT2D eigenvalue weighted by molar-refractivity contribution is 0.484. The predicted octanol–water partition coefficient (Wildman–Crippen LogP) is 2.88. The van der Waals surface area contributed by atoms with E-state index in [0.717, 1.165) is 5.92 Å². The molecule has 1 unspecified atom stereocenters. The smallest absolute Gasteiger partial charge is 0.309 e. The molecule has 1 atom stereocenters.